The van der Waals surface area contributed by atoms with Gasteiger partial charge in [0, 0.05) is 18.0 Å². The second kappa shape index (κ2) is 8.00. The van der Waals surface area contributed by atoms with Crippen LogP contribution in [-0.2, 0) is 4.79 Å². The lowest BCUT2D eigenvalue weighted by Gasteiger charge is -2.11. The topological polar surface area (TPSA) is 85.2 Å². The van der Waals surface area contributed by atoms with Crippen LogP contribution < -0.4 is 15.4 Å². The Bertz CT molecular complexity index is 1240. The molecule has 152 valence electrons. The third-order valence-corrected chi connectivity index (χ3v) is 5.65. The summed E-state index contributed by atoms with van der Waals surface area (Å²) in [5, 5.41) is 11.1. The van der Waals surface area contributed by atoms with E-state index in [0.29, 0.717) is 22.0 Å². The number of benzene rings is 2. The average molecular weight is 420 g/mol. The smallest absolute Gasteiger partial charge is 0.265 e. The number of ether oxygens (including phenoxy) is 1. The minimum Gasteiger partial charge on any atom is -0.495 e. The molecular formula is C22H20N4O3S. The number of aromatic nitrogens is 2. The zero-order valence-electron chi connectivity index (χ0n) is 16.7. The predicted molar refractivity (Wildman–Crippen MR) is 119 cm³/mol. The number of rotatable bonds is 5. The number of thiophene rings is 1. The monoisotopic (exact) mass is 420 g/mol. The number of carbonyl (C=O) groups is 2. The highest BCUT2D eigenvalue weighted by molar-refractivity contribution is 7.20. The van der Waals surface area contributed by atoms with Crippen LogP contribution in [0.4, 0.5) is 11.4 Å². The largest absolute Gasteiger partial charge is 0.495 e. The number of methoxy groups -OCH3 is 1. The fourth-order valence-corrected chi connectivity index (χ4v) is 4.25. The van der Waals surface area contributed by atoms with Gasteiger partial charge in [-0.15, -0.1) is 11.3 Å². The van der Waals surface area contributed by atoms with Gasteiger partial charge in [-0.25, -0.2) is 4.68 Å². The molecule has 0 bridgehead atoms. The molecule has 4 rings (SSSR count). The fraction of sp³-hybridized carbons (Fsp3) is 0.136. The van der Waals surface area contributed by atoms with Gasteiger partial charge in [0.25, 0.3) is 5.91 Å². The van der Waals surface area contributed by atoms with Gasteiger partial charge in [0.1, 0.15) is 10.6 Å². The summed E-state index contributed by atoms with van der Waals surface area (Å²) in [6, 6.07) is 16.8. The lowest BCUT2D eigenvalue weighted by Crippen LogP contribution is -2.12. The molecule has 0 spiro atoms. The van der Waals surface area contributed by atoms with Crippen LogP contribution in [0, 0.1) is 6.92 Å². The van der Waals surface area contributed by atoms with Crippen LogP contribution in [0.15, 0.2) is 54.6 Å². The molecule has 8 heteroatoms. The van der Waals surface area contributed by atoms with E-state index in [9.17, 15) is 9.59 Å². The second-order valence-electron chi connectivity index (χ2n) is 6.71. The lowest BCUT2D eigenvalue weighted by atomic mass is 10.2. The molecule has 0 fully saturated rings. The van der Waals surface area contributed by atoms with Crippen LogP contribution in [0.1, 0.15) is 22.3 Å². The van der Waals surface area contributed by atoms with E-state index >= 15 is 0 Å². The maximum atomic E-state index is 12.9. The molecule has 0 aliphatic heterocycles. The molecule has 7 nitrogen and oxygen atoms in total. The van der Waals surface area contributed by atoms with Crippen LogP contribution in [0.3, 0.4) is 0 Å². The summed E-state index contributed by atoms with van der Waals surface area (Å²) in [6.07, 6.45) is 0. The number of nitrogens with zero attached hydrogens (tertiary/aromatic N) is 2. The highest BCUT2D eigenvalue weighted by atomic mass is 32.1. The molecule has 2 N–H and O–H groups in total. The Labute approximate surface area is 177 Å². The van der Waals surface area contributed by atoms with E-state index in [2.05, 4.69) is 15.7 Å². The molecule has 0 unspecified atom stereocenters. The van der Waals surface area contributed by atoms with Crippen molar-refractivity contribution in [3.05, 3.63) is 65.2 Å². The van der Waals surface area contributed by atoms with E-state index in [-0.39, 0.29) is 11.8 Å². The van der Waals surface area contributed by atoms with Crippen molar-refractivity contribution in [2.45, 2.75) is 13.8 Å². The maximum Gasteiger partial charge on any atom is 0.265 e. The first kappa shape index (κ1) is 19.7. The van der Waals surface area contributed by atoms with E-state index in [4.69, 9.17) is 4.74 Å². The molecule has 0 radical (unpaired) electrons. The van der Waals surface area contributed by atoms with Crippen molar-refractivity contribution in [1.29, 1.82) is 0 Å². The van der Waals surface area contributed by atoms with Gasteiger partial charge in [0.2, 0.25) is 5.91 Å². The second-order valence-corrected chi connectivity index (χ2v) is 7.74. The summed E-state index contributed by atoms with van der Waals surface area (Å²) < 4.78 is 7.11. The zero-order chi connectivity index (χ0) is 21.3. The number of carbonyl (C=O) groups excluding carboxylic acids is 2. The summed E-state index contributed by atoms with van der Waals surface area (Å²) in [5.41, 5.74) is 2.86. The summed E-state index contributed by atoms with van der Waals surface area (Å²) in [4.78, 5) is 25.8. The van der Waals surface area contributed by atoms with E-state index < -0.39 is 0 Å². The summed E-state index contributed by atoms with van der Waals surface area (Å²) >= 11 is 1.38. The van der Waals surface area contributed by atoms with Crippen LogP contribution >= 0.6 is 11.3 Å². The number of amides is 2. The van der Waals surface area contributed by atoms with E-state index in [1.807, 2.05) is 48.0 Å². The van der Waals surface area contributed by atoms with Crippen molar-refractivity contribution in [2.24, 2.45) is 0 Å². The van der Waals surface area contributed by atoms with Crippen LogP contribution in [0.25, 0.3) is 15.9 Å². The Kier molecular flexibility index (Phi) is 5.24. The van der Waals surface area contributed by atoms with E-state index in [1.54, 1.807) is 18.2 Å². The molecule has 2 amide bonds. The predicted octanol–water partition coefficient (Wildman–Crippen LogP) is 4.61. The number of anilines is 2. The first-order valence-electron chi connectivity index (χ1n) is 9.28. The Balaban J connectivity index is 1.64. The molecule has 0 saturated carbocycles. The fourth-order valence-electron chi connectivity index (χ4n) is 3.17. The lowest BCUT2D eigenvalue weighted by molar-refractivity contribution is -0.114. The van der Waals surface area contributed by atoms with Crippen molar-refractivity contribution >= 4 is 44.7 Å². The minimum atomic E-state index is -0.228. The number of para-hydroxylation sites is 1. The van der Waals surface area contributed by atoms with Crippen LogP contribution in [-0.4, -0.2) is 28.7 Å². The van der Waals surface area contributed by atoms with Crippen molar-refractivity contribution < 1.29 is 14.3 Å². The van der Waals surface area contributed by atoms with E-state index in [1.165, 1.54) is 25.4 Å². The van der Waals surface area contributed by atoms with Crippen LogP contribution in [0.5, 0.6) is 5.75 Å². The Hall–Kier alpha value is -3.65. The Morgan fingerprint density at radius 2 is 1.83 bits per heavy atom. The molecule has 0 aliphatic rings. The normalized spacial score (nSPS) is 10.8. The molecule has 2 aromatic carbocycles. The third-order valence-electron chi connectivity index (χ3n) is 4.54. The zero-order valence-corrected chi connectivity index (χ0v) is 17.5. The van der Waals surface area contributed by atoms with E-state index in [0.717, 1.165) is 21.6 Å². The van der Waals surface area contributed by atoms with Crippen molar-refractivity contribution in [3.8, 4) is 11.4 Å². The van der Waals surface area contributed by atoms with Gasteiger partial charge in [-0.05, 0) is 43.3 Å². The number of hydrogen-bond acceptors (Lipinski definition) is 5. The SMILES string of the molecule is COc1ccc(NC(=O)c2cc3c(C)nn(-c4ccccc4)c3s2)cc1NC(C)=O. The molecule has 4 aromatic rings. The summed E-state index contributed by atoms with van der Waals surface area (Å²) in [7, 11) is 1.52. The van der Waals surface area contributed by atoms with Gasteiger partial charge in [0.05, 0.1) is 29.1 Å². The minimum absolute atomic E-state index is 0.220. The number of hydrogen-bond donors (Lipinski definition) is 2. The molecule has 0 saturated heterocycles. The molecule has 0 aliphatic carbocycles. The molecule has 0 atom stereocenters. The number of nitrogens with one attached hydrogen (secondary N) is 2. The number of fused-ring (bicyclic) bond motifs is 1. The van der Waals surface area contributed by atoms with Crippen LogP contribution in [0.2, 0.25) is 0 Å². The Morgan fingerprint density at radius 3 is 2.53 bits per heavy atom. The highest BCUT2D eigenvalue weighted by Crippen LogP contribution is 2.32. The average Bonchev–Trinajstić information content (AvgIpc) is 3.29. The van der Waals surface area contributed by atoms with Crippen molar-refractivity contribution in [3.63, 3.8) is 0 Å². The standard InChI is InChI=1S/C22H20N4O3S/c1-13-17-12-20(30-22(17)26(25-13)16-7-5-4-6-8-16)21(28)24-15-9-10-19(29-3)18(11-15)23-14(2)27/h4-12H,1-3H3,(H,23,27)(H,24,28). The van der Waals surface area contributed by atoms with Crippen molar-refractivity contribution in [1.82, 2.24) is 9.78 Å². The summed E-state index contributed by atoms with van der Waals surface area (Å²) in [5.74, 6) is 0.0695. The highest BCUT2D eigenvalue weighted by Gasteiger charge is 2.18. The first-order valence-corrected chi connectivity index (χ1v) is 10.1. The van der Waals surface area contributed by atoms with Gasteiger partial charge in [-0.3, -0.25) is 9.59 Å². The van der Waals surface area contributed by atoms with Crippen molar-refractivity contribution in [2.75, 3.05) is 17.7 Å². The quantitative estimate of drug-likeness (QED) is 0.494. The van der Waals surface area contributed by atoms with Gasteiger partial charge >= 0.3 is 0 Å². The van der Waals surface area contributed by atoms with Gasteiger partial charge < -0.3 is 15.4 Å². The summed E-state index contributed by atoms with van der Waals surface area (Å²) in [6.45, 7) is 3.35. The molecule has 30 heavy (non-hydrogen) atoms. The third kappa shape index (κ3) is 3.77. The maximum absolute atomic E-state index is 12.9. The molecule has 2 aromatic heterocycles. The Morgan fingerprint density at radius 1 is 1.07 bits per heavy atom. The molecular weight excluding hydrogens is 400 g/mol. The van der Waals surface area contributed by atoms with Gasteiger partial charge in [0.15, 0.2) is 0 Å². The molecule has 2 heterocycles. The first-order chi connectivity index (χ1) is 14.5. The van der Waals surface area contributed by atoms with Gasteiger partial charge in [-0.2, -0.15) is 5.10 Å². The van der Waals surface area contributed by atoms with Gasteiger partial charge in [-0.1, -0.05) is 18.2 Å². The number of aryl methyl sites for hydroxylation is 1.